The molecule has 1 aliphatic heterocycles. The van der Waals surface area contributed by atoms with Crippen molar-refractivity contribution in [1.29, 1.82) is 0 Å². The second kappa shape index (κ2) is 10.1. The summed E-state index contributed by atoms with van der Waals surface area (Å²) in [6.45, 7) is 2.92. The molecule has 0 saturated carbocycles. The molecular weight excluding hydrogens is 416 g/mol. The van der Waals surface area contributed by atoms with E-state index in [0.29, 0.717) is 17.9 Å². The lowest BCUT2D eigenvalue weighted by Gasteiger charge is -2.25. The summed E-state index contributed by atoms with van der Waals surface area (Å²) >= 11 is 0. The van der Waals surface area contributed by atoms with Crippen molar-refractivity contribution in [2.45, 2.75) is 32.4 Å². The van der Waals surface area contributed by atoms with Gasteiger partial charge in [0, 0.05) is 24.5 Å². The van der Waals surface area contributed by atoms with Crippen molar-refractivity contribution in [2.24, 2.45) is 0 Å². The zero-order valence-corrected chi connectivity index (χ0v) is 18.5. The van der Waals surface area contributed by atoms with E-state index in [1.807, 2.05) is 36.4 Å². The van der Waals surface area contributed by atoms with E-state index in [0.717, 1.165) is 24.0 Å². The highest BCUT2D eigenvalue weighted by Crippen LogP contribution is 2.40. The molecular formula is C27H26N2O4. The smallest absolute Gasteiger partial charge is 0.295 e. The Bertz CT molecular complexity index is 1140. The second-order valence-electron chi connectivity index (χ2n) is 7.93. The van der Waals surface area contributed by atoms with E-state index in [-0.39, 0.29) is 17.9 Å². The Hall–Kier alpha value is -3.93. The topological polar surface area (TPSA) is 79.7 Å². The van der Waals surface area contributed by atoms with Crippen molar-refractivity contribution in [3.05, 3.63) is 101 Å². The molecule has 1 fully saturated rings. The molecule has 2 aromatic carbocycles. The van der Waals surface area contributed by atoms with Gasteiger partial charge in [0.15, 0.2) is 0 Å². The zero-order chi connectivity index (χ0) is 23.2. The Morgan fingerprint density at radius 1 is 1.03 bits per heavy atom. The van der Waals surface area contributed by atoms with Crippen LogP contribution in [0.4, 0.5) is 0 Å². The molecule has 1 aliphatic rings. The van der Waals surface area contributed by atoms with E-state index < -0.39 is 17.7 Å². The van der Waals surface area contributed by atoms with Crippen molar-refractivity contribution in [2.75, 3.05) is 6.61 Å². The number of rotatable bonds is 8. The van der Waals surface area contributed by atoms with Crippen LogP contribution in [0.3, 0.4) is 0 Å². The van der Waals surface area contributed by atoms with Gasteiger partial charge < -0.3 is 14.7 Å². The van der Waals surface area contributed by atoms with Gasteiger partial charge in [-0.1, -0.05) is 49.7 Å². The number of unbranched alkanes of at least 4 members (excludes halogenated alkanes) is 1. The Labute approximate surface area is 193 Å². The number of ether oxygens (including phenoxy) is 1. The highest BCUT2D eigenvalue weighted by molar-refractivity contribution is 6.46. The minimum Gasteiger partial charge on any atom is -0.507 e. The van der Waals surface area contributed by atoms with Gasteiger partial charge in [0.1, 0.15) is 11.5 Å². The van der Waals surface area contributed by atoms with Crippen LogP contribution in [-0.4, -0.2) is 33.3 Å². The van der Waals surface area contributed by atoms with Gasteiger partial charge >= 0.3 is 0 Å². The van der Waals surface area contributed by atoms with Crippen molar-refractivity contribution < 1.29 is 19.4 Å². The van der Waals surface area contributed by atoms with E-state index in [2.05, 4.69) is 11.9 Å². The van der Waals surface area contributed by atoms with Gasteiger partial charge in [0.05, 0.1) is 18.2 Å². The molecule has 33 heavy (non-hydrogen) atoms. The molecule has 1 saturated heterocycles. The maximum Gasteiger partial charge on any atom is 0.295 e. The first-order valence-corrected chi connectivity index (χ1v) is 11.1. The molecule has 6 heteroatoms. The van der Waals surface area contributed by atoms with Crippen molar-refractivity contribution >= 4 is 17.4 Å². The largest absolute Gasteiger partial charge is 0.507 e. The molecule has 168 valence electrons. The summed E-state index contributed by atoms with van der Waals surface area (Å²) in [7, 11) is 0. The maximum atomic E-state index is 13.1. The summed E-state index contributed by atoms with van der Waals surface area (Å²) in [6, 6.07) is 19.1. The minimum atomic E-state index is -0.702. The number of aliphatic hydroxyl groups excluding tert-OH is 1. The highest BCUT2D eigenvalue weighted by Gasteiger charge is 2.46. The minimum absolute atomic E-state index is 0.0785. The van der Waals surface area contributed by atoms with Crippen molar-refractivity contribution in [3.63, 3.8) is 0 Å². The average Bonchev–Trinajstić information content (AvgIpc) is 3.10. The molecule has 0 spiro atoms. The van der Waals surface area contributed by atoms with Crippen LogP contribution in [0.25, 0.3) is 5.76 Å². The molecule has 6 nitrogen and oxygen atoms in total. The molecule has 0 unspecified atom stereocenters. The summed E-state index contributed by atoms with van der Waals surface area (Å²) in [6.07, 6.45) is 5.32. The number of benzene rings is 2. The summed E-state index contributed by atoms with van der Waals surface area (Å²) in [4.78, 5) is 31.7. The first-order chi connectivity index (χ1) is 16.1. The number of aliphatic hydroxyl groups is 1. The van der Waals surface area contributed by atoms with Gasteiger partial charge in [-0.15, -0.1) is 0 Å². The lowest BCUT2D eigenvalue weighted by atomic mass is 9.95. The van der Waals surface area contributed by atoms with Crippen LogP contribution < -0.4 is 4.74 Å². The molecule has 1 atom stereocenters. The van der Waals surface area contributed by atoms with Gasteiger partial charge in [0.2, 0.25) is 0 Å². The van der Waals surface area contributed by atoms with E-state index in [4.69, 9.17) is 4.74 Å². The van der Waals surface area contributed by atoms with Crippen molar-refractivity contribution in [3.8, 4) is 5.75 Å². The fourth-order valence-corrected chi connectivity index (χ4v) is 3.91. The first kappa shape index (κ1) is 22.3. The third kappa shape index (κ3) is 4.80. The van der Waals surface area contributed by atoms with Crippen LogP contribution in [0, 0.1) is 0 Å². The summed E-state index contributed by atoms with van der Waals surface area (Å²) < 4.78 is 5.69. The number of carbonyl (C=O) groups excluding carboxylic acids is 2. The number of hydrogen-bond donors (Lipinski definition) is 1. The molecule has 2 heterocycles. The third-order valence-electron chi connectivity index (χ3n) is 5.63. The number of aromatic nitrogens is 1. The van der Waals surface area contributed by atoms with Crippen molar-refractivity contribution in [1.82, 2.24) is 9.88 Å². The Balaban J connectivity index is 1.72. The maximum absolute atomic E-state index is 13.1. The number of carbonyl (C=O) groups is 2. The van der Waals surface area contributed by atoms with Crippen LogP contribution in [-0.2, 0) is 16.1 Å². The monoisotopic (exact) mass is 442 g/mol. The normalized spacial score (nSPS) is 17.4. The molecule has 3 aromatic rings. The van der Waals surface area contributed by atoms with E-state index in [1.165, 1.54) is 4.90 Å². The van der Waals surface area contributed by atoms with Gasteiger partial charge in [-0.25, -0.2) is 0 Å². The standard InChI is InChI=1S/C27H26N2O4/c1-2-3-16-33-22-13-11-21(12-14-22)25(30)23-24(20-9-5-4-6-10-20)29(27(32)26(23)31)18-19-8-7-15-28-17-19/h4-15,17,24,30H,2-3,16,18H2,1H3/t24-/m0/s1. The molecule has 4 rings (SSSR count). The number of likely N-dealkylation sites (tertiary alicyclic amines) is 1. The summed E-state index contributed by atoms with van der Waals surface area (Å²) in [5, 5.41) is 11.2. The fourth-order valence-electron chi connectivity index (χ4n) is 3.91. The predicted octanol–water partition coefficient (Wildman–Crippen LogP) is 4.88. The SMILES string of the molecule is CCCCOc1ccc(C(O)=C2C(=O)C(=O)N(Cc3cccnc3)[C@H]2c2ccccc2)cc1. The number of pyridine rings is 1. The third-order valence-corrected chi connectivity index (χ3v) is 5.63. The fraction of sp³-hybridized carbons (Fsp3) is 0.222. The lowest BCUT2D eigenvalue weighted by molar-refractivity contribution is -0.140. The second-order valence-corrected chi connectivity index (χ2v) is 7.93. The van der Waals surface area contributed by atoms with Gasteiger partial charge in [0.25, 0.3) is 11.7 Å². The van der Waals surface area contributed by atoms with Gasteiger partial charge in [-0.2, -0.15) is 0 Å². The molecule has 1 amide bonds. The number of amides is 1. The molecule has 0 bridgehead atoms. The highest BCUT2D eigenvalue weighted by atomic mass is 16.5. The van der Waals surface area contributed by atoms with E-state index >= 15 is 0 Å². The quantitative estimate of drug-likeness (QED) is 0.233. The Morgan fingerprint density at radius 2 is 1.79 bits per heavy atom. The van der Waals surface area contributed by atoms with Crippen LogP contribution in [0.1, 0.15) is 42.5 Å². The Kier molecular flexibility index (Phi) is 6.83. The van der Waals surface area contributed by atoms with Crippen LogP contribution in [0.2, 0.25) is 0 Å². The summed E-state index contributed by atoms with van der Waals surface area (Å²) in [5.41, 5.74) is 2.09. The summed E-state index contributed by atoms with van der Waals surface area (Å²) in [5.74, 6) is -0.852. The first-order valence-electron chi connectivity index (χ1n) is 11.1. The van der Waals surface area contributed by atoms with E-state index in [9.17, 15) is 14.7 Å². The lowest BCUT2D eigenvalue weighted by Crippen LogP contribution is -2.29. The zero-order valence-electron chi connectivity index (χ0n) is 18.5. The van der Waals surface area contributed by atoms with Gasteiger partial charge in [-0.3, -0.25) is 14.6 Å². The number of nitrogens with zero attached hydrogens (tertiary/aromatic N) is 2. The molecule has 0 radical (unpaired) electrons. The number of ketones is 1. The number of hydrogen-bond acceptors (Lipinski definition) is 5. The Morgan fingerprint density at radius 3 is 2.45 bits per heavy atom. The van der Waals surface area contributed by atoms with Crippen LogP contribution in [0.15, 0.2) is 84.7 Å². The van der Waals surface area contributed by atoms with E-state index in [1.54, 1.807) is 42.7 Å². The van der Waals surface area contributed by atoms with Gasteiger partial charge in [-0.05, 0) is 47.9 Å². The van der Waals surface area contributed by atoms with Crippen LogP contribution in [0.5, 0.6) is 5.75 Å². The number of Topliss-reactive ketones (excluding diaryl/α,β-unsaturated/α-hetero) is 1. The predicted molar refractivity (Wildman–Crippen MR) is 125 cm³/mol. The average molecular weight is 443 g/mol. The molecule has 1 aromatic heterocycles. The molecule has 0 aliphatic carbocycles. The van der Waals surface area contributed by atoms with Crippen LogP contribution >= 0.6 is 0 Å². The molecule has 1 N–H and O–H groups in total.